The maximum absolute atomic E-state index is 12.6. The average Bonchev–Trinajstić information content (AvgIpc) is 2.80. The van der Waals surface area contributed by atoms with Crippen LogP contribution in [0.1, 0.15) is 60.9 Å². The molecule has 1 amide bonds. The van der Waals surface area contributed by atoms with E-state index in [0.717, 1.165) is 48.4 Å². The molecule has 1 fully saturated rings. The summed E-state index contributed by atoms with van der Waals surface area (Å²) in [6, 6.07) is 12.7. The van der Waals surface area contributed by atoms with Crippen molar-refractivity contribution in [2.45, 2.75) is 67.8 Å². The maximum Gasteiger partial charge on any atom is 0.254 e. The molecule has 0 unspecified atom stereocenters. The summed E-state index contributed by atoms with van der Waals surface area (Å²) >= 11 is 1.53. The fourth-order valence-electron chi connectivity index (χ4n) is 3.83. The summed E-state index contributed by atoms with van der Waals surface area (Å²) in [4.78, 5) is 18.2. The third-order valence-corrected chi connectivity index (χ3v) is 6.68. The maximum atomic E-state index is 12.6. The van der Waals surface area contributed by atoms with Crippen LogP contribution in [-0.2, 0) is 0 Å². The Labute approximate surface area is 191 Å². The van der Waals surface area contributed by atoms with E-state index in [0.29, 0.717) is 12.1 Å². The highest BCUT2D eigenvalue weighted by Gasteiger charge is 2.13. The highest BCUT2D eigenvalue weighted by atomic mass is 32.2. The lowest BCUT2D eigenvalue weighted by Crippen LogP contribution is -2.36. The first-order valence-corrected chi connectivity index (χ1v) is 12.5. The van der Waals surface area contributed by atoms with Crippen molar-refractivity contribution < 1.29 is 4.79 Å². The number of nitrogens with one attached hydrogen (secondary N) is 3. The van der Waals surface area contributed by atoms with Gasteiger partial charge in [0, 0.05) is 36.8 Å². The predicted octanol–water partition coefficient (Wildman–Crippen LogP) is 4.56. The molecule has 1 aromatic heterocycles. The normalized spacial score (nSPS) is 14.5. The number of nitrogens with zero attached hydrogens (tertiary/aromatic N) is 1. The van der Waals surface area contributed by atoms with Gasteiger partial charge in [-0.3, -0.25) is 4.79 Å². The van der Waals surface area contributed by atoms with E-state index < -0.39 is 0 Å². The molecule has 1 saturated carbocycles. The van der Waals surface area contributed by atoms with E-state index in [1.807, 2.05) is 12.1 Å². The van der Waals surface area contributed by atoms with Gasteiger partial charge >= 0.3 is 0 Å². The van der Waals surface area contributed by atoms with E-state index in [1.165, 1.54) is 49.4 Å². The van der Waals surface area contributed by atoms with Crippen molar-refractivity contribution in [1.82, 2.24) is 20.9 Å². The van der Waals surface area contributed by atoms with E-state index in [9.17, 15) is 4.79 Å². The molecule has 0 aliphatic heterocycles. The molecule has 3 rings (SSSR count). The Morgan fingerprint density at radius 1 is 1.00 bits per heavy atom. The molecule has 31 heavy (non-hydrogen) atoms. The number of rotatable bonds is 12. The molecule has 3 N–H and O–H groups in total. The van der Waals surface area contributed by atoms with Gasteiger partial charge in [-0.1, -0.05) is 48.7 Å². The Bertz CT molecular complexity index is 790. The number of amides is 1. The second-order valence-corrected chi connectivity index (χ2v) is 9.34. The molecule has 0 spiro atoms. The van der Waals surface area contributed by atoms with Crippen molar-refractivity contribution in [1.29, 1.82) is 0 Å². The number of benzene rings is 1. The van der Waals surface area contributed by atoms with Gasteiger partial charge in [0.2, 0.25) is 0 Å². The summed E-state index contributed by atoms with van der Waals surface area (Å²) in [7, 11) is 0. The number of hydrogen-bond donors (Lipinski definition) is 3. The van der Waals surface area contributed by atoms with Gasteiger partial charge in [0.1, 0.15) is 5.03 Å². The second-order valence-electron chi connectivity index (χ2n) is 8.27. The van der Waals surface area contributed by atoms with Gasteiger partial charge in [0.25, 0.3) is 5.91 Å². The summed E-state index contributed by atoms with van der Waals surface area (Å²) in [6.45, 7) is 5.80. The summed E-state index contributed by atoms with van der Waals surface area (Å²) in [5.74, 6) is -0.0487. The minimum absolute atomic E-state index is 0.0487. The van der Waals surface area contributed by atoms with Gasteiger partial charge in [-0.05, 0) is 63.4 Å². The number of carbonyl (C=O) groups is 1. The van der Waals surface area contributed by atoms with Crippen LogP contribution in [0.2, 0.25) is 0 Å². The number of hydrogen-bond acceptors (Lipinski definition) is 5. The van der Waals surface area contributed by atoms with Gasteiger partial charge in [-0.25, -0.2) is 4.98 Å². The molecule has 0 atom stereocenters. The molecule has 1 aliphatic carbocycles. The van der Waals surface area contributed by atoms with Crippen LogP contribution in [0, 0.1) is 6.92 Å². The highest BCUT2D eigenvalue weighted by molar-refractivity contribution is 7.99. The van der Waals surface area contributed by atoms with Crippen LogP contribution in [0.25, 0.3) is 0 Å². The Balaban J connectivity index is 1.29. The smallest absolute Gasteiger partial charge is 0.254 e. The molecule has 6 heteroatoms. The fourth-order valence-corrected chi connectivity index (χ4v) is 4.71. The zero-order chi connectivity index (χ0) is 21.7. The Morgan fingerprint density at radius 2 is 1.77 bits per heavy atom. The largest absolute Gasteiger partial charge is 0.352 e. The second kappa shape index (κ2) is 13.5. The molecule has 1 heterocycles. The van der Waals surface area contributed by atoms with E-state index >= 15 is 0 Å². The lowest BCUT2D eigenvalue weighted by atomic mass is 9.95. The third-order valence-electron chi connectivity index (χ3n) is 5.66. The van der Waals surface area contributed by atoms with Crippen LogP contribution >= 0.6 is 11.8 Å². The highest BCUT2D eigenvalue weighted by Crippen LogP contribution is 2.28. The van der Waals surface area contributed by atoms with Crippen LogP contribution in [0.15, 0.2) is 52.5 Å². The van der Waals surface area contributed by atoms with Crippen molar-refractivity contribution in [3.05, 3.63) is 53.7 Å². The molecule has 168 valence electrons. The molecule has 2 aromatic rings. The lowest BCUT2D eigenvalue weighted by Gasteiger charge is -2.22. The first kappa shape index (κ1) is 23.8. The van der Waals surface area contributed by atoms with Gasteiger partial charge in [0.05, 0.1) is 5.56 Å². The van der Waals surface area contributed by atoms with Crippen LogP contribution in [0.4, 0.5) is 0 Å². The van der Waals surface area contributed by atoms with Crippen LogP contribution < -0.4 is 16.0 Å². The topological polar surface area (TPSA) is 66.0 Å². The Hall–Kier alpha value is -1.89. The zero-order valence-electron chi connectivity index (χ0n) is 18.7. The monoisotopic (exact) mass is 440 g/mol. The van der Waals surface area contributed by atoms with E-state index in [2.05, 4.69) is 52.1 Å². The van der Waals surface area contributed by atoms with Gasteiger partial charge in [-0.2, -0.15) is 0 Å². The molecule has 5 nitrogen and oxygen atoms in total. The first-order valence-electron chi connectivity index (χ1n) is 11.6. The average molecular weight is 441 g/mol. The van der Waals surface area contributed by atoms with Crippen molar-refractivity contribution in [3.8, 4) is 0 Å². The first-order chi connectivity index (χ1) is 15.2. The summed E-state index contributed by atoms with van der Waals surface area (Å²) in [6.07, 6.45) is 10.6. The standard InChI is InChI=1S/C25H36N4OS/c1-20-11-13-22(14-12-20)31-25-23(10-7-17-29-25)24(30)28-16-6-5-15-26-18-19-27-21-8-3-2-4-9-21/h7,10-14,17,21,26-27H,2-6,8-9,15-16,18-19H2,1H3,(H,28,30). The van der Waals surface area contributed by atoms with Crippen molar-refractivity contribution in [2.75, 3.05) is 26.2 Å². The molecule has 0 saturated heterocycles. The van der Waals surface area contributed by atoms with Crippen molar-refractivity contribution in [2.24, 2.45) is 0 Å². The van der Waals surface area contributed by atoms with E-state index in [-0.39, 0.29) is 5.91 Å². The molecule has 0 radical (unpaired) electrons. The molecular formula is C25H36N4OS. The number of aromatic nitrogens is 1. The van der Waals surface area contributed by atoms with Gasteiger partial charge in [0.15, 0.2) is 0 Å². The SMILES string of the molecule is Cc1ccc(Sc2ncccc2C(=O)NCCCCNCCNC2CCCCC2)cc1. The van der Waals surface area contributed by atoms with Crippen LogP contribution in [0.3, 0.4) is 0 Å². The van der Waals surface area contributed by atoms with Gasteiger partial charge < -0.3 is 16.0 Å². The fraction of sp³-hybridized carbons (Fsp3) is 0.520. The Kier molecular flexibility index (Phi) is 10.4. The van der Waals surface area contributed by atoms with E-state index in [1.54, 1.807) is 6.20 Å². The molecular weight excluding hydrogens is 404 g/mol. The quantitative estimate of drug-likeness (QED) is 0.422. The van der Waals surface area contributed by atoms with Gasteiger partial charge in [-0.15, -0.1) is 0 Å². The number of carbonyl (C=O) groups excluding carboxylic acids is 1. The summed E-state index contributed by atoms with van der Waals surface area (Å²) < 4.78 is 0. The number of unbranched alkanes of at least 4 members (excludes halogenated alkanes) is 1. The Morgan fingerprint density at radius 3 is 2.58 bits per heavy atom. The lowest BCUT2D eigenvalue weighted by molar-refractivity contribution is 0.0949. The minimum Gasteiger partial charge on any atom is -0.352 e. The predicted molar refractivity (Wildman–Crippen MR) is 129 cm³/mol. The minimum atomic E-state index is -0.0487. The zero-order valence-corrected chi connectivity index (χ0v) is 19.5. The van der Waals surface area contributed by atoms with Crippen molar-refractivity contribution in [3.63, 3.8) is 0 Å². The third kappa shape index (κ3) is 8.63. The molecule has 1 aromatic carbocycles. The van der Waals surface area contributed by atoms with Crippen molar-refractivity contribution >= 4 is 17.7 Å². The van der Waals surface area contributed by atoms with Crippen LogP contribution in [0.5, 0.6) is 0 Å². The molecule has 0 bridgehead atoms. The van der Waals surface area contributed by atoms with Crippen LogP contribution in [-0.4, -0.2) is 43.1 Å². The van der Waals surface area contributed by atoms with E-state index in [4.69, 9.17) is 0 Å². The molecule has 1 aliphatic rings. The summed E-state index contributed by atoms with van der Waals surface area (Å²) in [5, 5.41) is 10.9. The summed E-state index contributed by atoms with van der Waals surface area (Å²) in [5.41, 5.74) is 1.86. The number of pyridine rings is 1. The number of aryl methyl sites for hydroxylation is 1.